The molecule has 0 spiro atoms. The summed E-state index contributed by atoms with van der Waals surface area (Å²) < 4.78 is 0. The van der Waals surface area contributed by atoms with Crippen LogP contribution in [-0.2, 0) is 0 Å². The van der Waals surface area contributed by atoms with E-state index in [1.54, 1.807) is 11.3 Å². The van der Waals surface area contributed by atoms with Crippen LogP contribution in [0.3, 0.4) is 0 Å². The Kier molecular flexibility index (Phi) is 3.65. The Labute approximate surface area is 93.7 Å². The zero-order valence-corrected chi connectivity index (χ0v) is 9.65. The maximum Gasteiger partial charge on any atom is 0.182 e. The van der Waals surface area contributed by atoms with Crippen LogP contribution in [0.5, 0.6) is 0 Å². The lowest BCUT2D eigenvalue weighted by atomic mass is 9.98. The highest BCUT2D eigenvalue weighted by Gasteiger charge is 2.26. The molecule has 2 atom stereocenters. The molecule has 1 N–H and O–H groups in total. The van der Waals surface area contributed by atoms with Crippen molar-refractivity contribution in [3.8, 4) is 0 Å². The lowest BCUT2D eigenvalue weighted by Crippen LogP contribution is -2.19. The molecule has 1 heterocycles. The molecule has 0 aromatic carbocycles. The van der Waals surface area contributed by atoms with Gasteiger partial charge in [-0.3, -0.25) is 0 Å². The van der Waals surface area contributed by atoms with Crippen molar-refractivity contribution in [1.82, 2.24) is 4.98 Å². The van der Waals surface area contributed by atoms with E-state index in [0.717, 1.165) is 23.5 Å². The quantitative estimate of drug-likeness (QED) is 0.804. The standard InChI is InChI=1S/C10H15ClN2S/c11-6-8-2-1-3-9(8)7-13-10-12-4-5-14-10/h4-5,8-9H,1-3,6-7H2,(H,12,13). The van der Waals surface area contributed by atoms with Gasteiger partial charge in [0.1, 0.15) is 0 Å². The van der Waals surface area contributed by atoms with Crippen molar-refractivity contribution in [1.29, 1.82) is 0 Å². The highest BCUT2D eigenvalue weighted by Crippen LogP contribution is 2.32. The normalized spacial score (nSPS) is 26.6. The van der Waals surface area contributed by atoms with Crippen LogP contribution in [0.1, 0.15) is 19.3 Å². The van der Waals surface area contributed by atoms with Crippen molar-refractivity contribution in [2.75, 3.05) is 17.7 Å². The maximum absolute atomic E-state index is 5.92. The fraction of sp³-hybridized carbons (Fsp3) is 0.700. The molecule has 1 aliphatic carbocycles. The summed E-state index contributed by atoms with van der Waals surface area (Å²) in [6.07, 6.45) is 5.78. The van der Waals surface area contributed by atoms with Gasteiger partial charge in [0.05, 0.1) is 0 Å². The van der Waals surface area contributed by atoms with Gasteiger partial charge in [0.2, 0.25) is 0 Å². The van der Waals surface area contributed by atoms with Crippen molar-refractivity contribution in [2.45, 2.75) is 19.3 Å². The number of anilines is 1. The van der Waals surface area contributed by atoms with Crippen LogP contribution in [-0.4, -0.2) is 17.4 Å². The van der Waals surface area contributed by atoms with Gasteiger partial charge in [0.25, 0.3) is 0 Å². The molecule has 1 saturated carbocycles. The maximum atomic E-state index is 5.92. The van der Waals surface area contributed by atoms with Crippen molar-refractivity contribution in [3.05, 3.63) is 11.6 Å². The lowest BCUT2D eigenvalue weighted by molar-refractivity contribution is 0.444. The van der Waals surface area contributed by atoms with Crippen molar-refractivity contribution in [3.63, 3.8) is 0 Å². The Balaban J connectivity index is 1.80. The fourth-order valence-electron chi connectivity index (χ4n) is 2.11. The third kappa shape index (κ3) is 2.39. The summed E-state index contributed by atoms with van der Waals surface area (Å²) in [5.41, 5.74) is 0. The Hall–Kier alpha value is -0.280. The first-order chi connectivity index (χ1) is 6.90. The van der Waals surface area contributed by atoms with E-state index in [2.05, 4.69) is 10.3 Å². The van der Waals surface area contributed by atoms with Gasteiger partial charge in [-0.15, -0.1) is 22.9 Å². The van der Waals surface area contributed by atoms with Crippen molar-refractivity contribution < 1.29 is 0 Å². The molecule has 78 valence electrons. The SMILES string of the molecule is ClCC1CCCC1CNc1nccs1. The number of nitrogens with zero attached hydrogens (tertiary/aromatic N) is 1. The highest BCUT2D eigenvalue weighted by atomic mass is 35.5. The first-order valence-electron chi connectivity index (χ1n) is 5.09. The molecular formula is C10H15ClN2S. The van der Waals surface area contributed by atoms with Crippen LogP contribution in [0, 0.1) is 11.8 Å². The fourth-order valence-corrected chi connectivity index (χ4v) is 3.06. The molecule has 0 radical (unpaired) electrons. The predicted octanol–water partition coefficient (Wildman–Crippen LogP) is 3.21. The average molecular weight is 231 g/mol. The summed E-state index contributed by atoms with van der Waals surface area (Å²) in [7, 11) is 0. The predicted molar refractivity (Wildman–Crippen MR) is 62.2 cm³/mol. The molecule has 0 saturated heterocycles. The number of rotatable bonds is 4. The minimum Gasteiger partial charge on any atom is -0.361 e. The molecule has 2 nitrogen and oxygen atoms in total. The highest BCUT2D eigenvalue weighted by molar-refractivity contribution is 7.13. The lowest BCUT2D eigenvalue weighted by Gasteiger charge is -2.16. The molecule has 4 heteroatoms. The van der Waals surface area contributed by atoms with Gasteiger partial charge < -0.3 is 5.32 Å². The van der Waals surface area contributed by atoms with Gasteiger partial charge in [0, 0.05) is 24.0 Å². The molecule has 1 aromatic rings. The van der Waals surface area contributed by atoms with Crippen LogP contribution in [0.4, 0.5) is 5.13 Å². The molecule has 0 aliphatic heterocycles. The molecular weight excluding hydrogens is 216 g/mol. The molecule has 14 heavy (non-hydrogen) atoms. The van der Waals surface area contributed by atoms with E-state index in [0.29, 0.717) is 5.92 Å². The smallest absolute Gasteiger partial charge is 0.182 e. The molecule has 1 aliphatic rings. The number of hydrogen-bond acceptors (Lipinski definition) is 3. The van der Waals surface area contributed by atoms with E-state index in [1.807, 2.05) is 11.6 Å². The van der Waals surface area contributed by atoms with Crippen LogP contribution in [0.2, 0.25) is 0 Å². The topological polar surface area (TPSA) is 24.9 Å². The van der Waals surface area contributed by atoms with Gasteiger partial charge in [0.15, 0.2) is 5.13 Å². The second-order valence-electron chi connectivity index (χ2n) is 3.82. The molecule has 0 amide bonds. The third-order valence-electron chi connectivity index (χ3n) is 2.96. The van der Waals surface area contributed by atoms with E-state index in [1.165, 1.54) is 19.3 Å². The Morgan fingerprint density at radius 2 is 2.36 bits per heavy atom. The summed E-state index contributed by atoms with van der Waals surface area (Å²) in [6, 6.07) is 0. The third-order valence-corrected chi connectivity index (χ3v) is 4.09. The molecule has 1 fully saturated rings. The second-order valence-corrected chi connectivity index (χ2v) is 5.03. The zero-order valence-electron chi connectivity index (χ0n) is 8.08. The van der Waals surface area contributed by atoms with Crippen LogP contribution >= 0.6 is 22.9 Å². The Morgan fingerprint density at radius 3 is 3.07 bits per heavy atom. The van der Waals surface area contributed by atoms with E-state index in [9.17, 15) is 0 Å². The number of hydrogen-bond donors (Lipinski definition) is 1. The van der Waals surface area contributed by atoms with E-state index < -0.39 is 0 Å². The monoisotopic (exact) mass is 230 g/mol. The van der Waals surface area contributed by atoms with Gasteiger partial charge in [-0.1, -0.05) is 6.42 Å². The molecule has 0 bridgehead atoms. The Bertz CT molecular complexity index is 263. The summed E-state index contributed by atoms with van der Waals surface area (Å²) in [5.74, 6) is 2.27. The minimum absolute atomic E-state index is 0.712. The van der Waals surface area contributed by atoms with Crippen LogP contribution in [0.15, 0.2) is 11.6 Å². The van der Waals surface area contributed by atoms with Gasteiger partial charge in [-0.2, -0.15) is 0 Å². The van der Waals surface area contributed by atoms with E-state index >= 15 is 0 Å². The average Bonchev–Trinajstić information content (AvgIpc) is 2.85. The van der Waals surface area contributed by atoms with Gasteiger partial charge in [-0.25, -0.2) is 4.98 Å². The zero-order chi connectivity index (χ0) is 9.80. The number of halogens is 1. The number of thiazole rings is 1. The summed E-state index contributed by atoms with van der Waals surface area (Å²) in [6.45, 7) is 1.03. The van der Waals surface area contributed by atoms with Crippen LogP contribution in [0.25, 0.3) is 0 Å². The molecule has 2 rings (SSSR count). The molecule has 1 aromatic heterocycles. The first kappa shape index (κ1) is 10.2. The van der Waals surface area contributed by atoms with E-state index in [-0.39, 0.29) is 0 Å². The van der Waals surface area contributed by atoms with E-state index in [4.69, 9.17) is 11.6 Å². The summed E-state index contributed by atoms with van der Waals surface area (Å²) >= 11 is 7.58. The van der Waals surface area contributed by atoms with Gasteiger partial charge >= 0.3 is 0 Å². The van der Waals surface area contributed by atoms with Gasteiger partial charge in [-0.05, 0) is 24.7 Å². The molecule has 2 unspecified atom stereocenters. The largest absolute Gasteiger partial charge is 0.361 e. The Morgan fingerprint density at radius 1 is 1.50 bits per heavy atom. The number of nitrogens with one attached hydrogen (secondary N) is 1. The first-order valence-corrected chi connectivity index (χ1v) is 6.51. The minimum atomic E-state index is 0.712. The summed E-state index contributed by atoms with van der Waals surface area (Å²) in [4.78, 5) is 4.20. The second kappa shape index (κ2) is 4.99. The van der Waals surface area contributed by atoms with Crippen molar-refractivity contribution >= 4 is 28.1 Å². The number of aromatic nitrogens is 1. The number of alkyl halides is 1. The van der Waals surface area contributed by atoms with Crippen molar-refractivity contribution in [2.24, 2.45) is 11.8 Å². The summed E-state index contributed by atoms with van der Waals surface area (Å²) in [5, 5.41) is 6.41. The van der Waals surface area contributed by atoms with Crippen LogP contribution < -0.4 is 5.32 Å².